The molecule has 0 radical (unpaired) electrons. The van der Waals surface area contributed by atoms with Crippen LogP contribution in [-0.4, -0.2) is 21.4 Å². The first-order valence-electron chi connectivity index (χ1n) is 7.31. The highest BCUT2D eigenvalue weighted by atomic mass is 32.2. The number of nitrogens with one attached hydrogen (secondary N) is 1. The SMILES string of the molecule is CS(=O)Cc1cccc(C(=O)Nc2nc3c(s2)CCCC3)c1. The largest absolute Gasteiger partial charge is 0.298 e. The van der Waals surface area contributed by atoms with E-state index in [1.165, 1.54) is 17.7 Å². The van der Waals surface area contributed by atoms with Crippen molar-refractivity contribution in [1.29, 1.82) is 0 Å². The number of anilines is 1. The van der Waals surface area contributed by atoms with E-state index < -0.39 is 10.8 Å². The van der Waals surface area contributed by atoms with E-state index in [1.54, 1.807) is 29.7 Å². The van der Waals surface area contributed by atoms with Gasteiger partial charge in [-0.15, -0.1) is 11.3 Å². The zero-order valence-electron chi connectivity index (χ0n) is 12.4. The maximum atomic E-state index is 12.3. The number of hydrogen-bond acceptors (Lipinski definition) is 4. The molecule has 0 saturated carbocycles. The fourth-order valence-electron chi connectivity index (χ4n) is 2.61. The second-order valence-electron chi connectivity index (χ2n) is 5.47. The van der Waals surface area contributed by atoms with E-state index in [0.29, 0.717) is 16.4 Å². The first kappa shape index (κ1) is 15.4. The number of benzene rings is 1. The van der Waals surface area contributed by atoms with Gasteiger partial charge in [-0.3, -0.25) is 14.3 Å². The Morgan fingerprint density at radius 3 is 2.95 bits per heavy atom. The van der Waals surface area contributed by atoms with Crippen molar-refractivity contribution in [1.82, 2.24) is 4.98 Å². The zero-order chi connectivity index (χ0) is 15.5. The molecule has 1 aromatic carbocycles. The van der Waals surface area contributed by atoms with E-state index in [-0.39, 0.29) is 5.91 Å². The van der Waals surface area contributed by atoms with Crippen molar-refractivity contribution >= 4 is 33.2 Å². The van der Waals surface area contributed by atoms with Crippen LogP contribution in [0.1, 0.15) is 39.3 Å². The Labute approximate surface area is 136 Å². The smallest absolute Gasteiger partial charge is 0.257 e. The molecule has 1 aliphatic rings. The number of aryl methyl sites for hydroxylation is 2. The Morgan fingerprint density at radius 1 is 1.36 bits per heavy atom. The molecule has 6 heteroatoms. The second-order valence-corrected chi connectivity index (χ2v) is 7.99. The Balaban J connectivity index is 1.74. The molecule has 1 atom stereocenters. The van der Waals surface area contributed by atoms with Gasteiger partial charge in [0.1, 0.15) is 0 Å². The summed E-state index contributed by atoms with van der Waals surface area (Å²) in [5.74, 6) is 0.307. The normalized spacial score (nSPS) is 15.1. The third-order valence-electron chi connectivity index (χ3n) is 3.63. The number of carbonyl (C=O) groups is 1. The Kier molecular flexibility index (Phi) is 4.69. The first-order chi connectivity index (χ1) is 10.6. The molecule has 1 aliphatic carbocycles. The molecule has 0 fully saturated rings. The van der Waals surface area contributed by atoms with Gasteiger partial charge in [0.15, 0.2) is 5.13 Å². The summed E-state index contributed by atoms with van der Waals surface area (Å²) in [6.45, 7) is 0. The fraction of sp³-hybridized carbons (Fsp3) is 0.375. The number of hydrogen-bond donors (Lipinski definition) is 1. The molecule has 0 bridgehead atoms. The lowest BCUT2D eigenvalue weighted by Gasteiger charge is -2.06. The topological polar surface area (TPSA) is 59.1 Å². The molecule has 3 rings (SSSR count). The Hall–Kier alpha value is -1.53. The average Bonchev–Trinajstić information content (AvgIpc) is 2.89. The molecule has 0 saturated heterocycles. The van der Waals surface area contributed by atoms with E-state index in [9.17, 15) is 9.00 Å². The highest BCUT2D eigenvalue weighted by Crippen LogP contribution is 2.29. The maximum absolute atomic E-state index is 12.3. The molecular weight excluding hydrogens is 316 g/mol. The van der Waals surface area contributed by atoms with Crippen LogP contribution in [0.25, 0.3) is 0 Å². The molecule has 1 unspecified atom stereocenters. The Bertz CT molecular complexity index is 701. The van der Waals surface area contributed by atoms with Gasteiger partial charge in [0.25, 0.3) is 5.91 Å². The quantitative estimate of drug-likeness (QED) is 0.934. The van der Waals surface area contributed by atoms with Gasteiger partial charge in [-0.2, -0.15) is 0 Å². The number of carbonyl (C=O) groups excluding carboxylic acids is 1. The summed E-state index contributed by atoms with van der Waals surface area (Å²) in [7, 11) is -0.913. The fourth-order valence-corrected chi connectivity index (χ4v) is 4.31. The molecule has 1 N–H and O–H groups in total. The van der Waals surface area contributed by atoms with E-state index in [0.717, 1.165) is 24.1 Å². The maximum Gasteiger partial charge on any atom is 0.257 e. The lowest BCUT2D eigenvalue weighted by molar-refractivity contribution is 0.102. The van der Waals surface area contributed by atoms with Crippen LogP contribution >= 0.6 is 11.3 Å². The van der Waals surface area contributed by atoms with Gasteiger partial charge < -0.3 is 0 Å². The summed E-state index contributed by atoms with van der Waals surface area (Å²) in [6.07, 6.45) is 6.13. The predicted molar refractivity (Wildman–Crippen MR) is 90.9 cm³/mol. The molecule has 116 valence electrons. The van der Waals surface area contributed by atoms with E-state index >= 15 is 0 Å². The molecule has 0 aliphatic heterocycles. The lowest BCUT2D eigenvalue weighted by Crippen LogP contribution is -2.12. The standard InChI is InChI=1S/C16H18N2O2S2/c1-22(20)10-11-5-4-6-12(9-11)15(19)18-16-17-13-7-2-3-8-14(13)21-16/h4-6,9H,2-3,7-8,10H2,1H3,(H,17,18,19). The van der Waals surface area contributed by atoms with Crippen LogP contribution in [0.15, 0.2) is 24.3 Å². The molecule has 1 heterocycles. The van der Waals surface area contributed by atoms with Gasteiger partial charge >= 0.3 is 0 Å². The van der Waals surface area contributed by atoms with Crippen molar-refractivity contribution in [3.05, 3.63) is 46.0 Å². The minimum atomic E-state index is -0.913. The molecule has 1 aromatic heterocycles. The Morgan fingerprint density at radius 2 is 2.18 bits per heavy atom. The number of nitrogens with zero attached hydrogens (tertiary/aromatic N) is 1. The lowest BCUT2D eigenvalue weighted by atomic mass is 10.0. The summed E-state index contributed by atoms with van der Waals surface area (Å²) in [5.41, 5.74) is 2.63. The van der Waals surface area contributed by atoms with E-state index in [1.807, 2.05) is 12.1 Å². The van der Waals surface area contributed by atoms with Gasteiger partial charge in [0.2, 0.25) is 0 Å². The van der Waals surface area contributed by atoms with Crippen LogP contribution in [0.2, 0.25) is 0 Å². The summed E-state index contributed by atoms with van der Waals surface area (Å²) in [6, 6.07) is 7.28. The number of thiazole rings is 1. The average molecular weight is 334 g/mol. The summed E-state index contributed by atoms with van der Waals surface area (Å²) in [4.78, 5) is 18.2. The summed E-state index contributed by atoms with van der Waals surface area (Å²) in [5, 5.41) is 3.57. The van der Waals surface area contributed by atoms with Gasteiger partial charge in [0.05, 0.1) is 5.69 Å². The molecule has 22 heavy (non-hydrogen) atoms. The number of aromatic nitrogens is 1. The second kappa shape index (κ2) is 6.71. The molecular formula is C16H18N2O2S2. The van der Waals surface area contributed by atoms with Crippen molar-refractivity contribution in [2.45, 2.75) is 31.4 Å². The number of rotatable bonds is 4. The third-order valence-corrected chi connectivity index (χ3v) is 5.44. The zero-order valence-corrected chi connectivity index (χ0v) is 14.1. The van der Waals surface area contributed by atoms with Crippen molar-refractivity contribution in [3.63, 3.8) is 0 Å². The van der Waals surface area contributed by atoms with Crippen molar-refractivity contribution in [2.75, 3.05) is 11.6 Å². The van der Waals surface area contributed by atoms with Crippen molar-refractivity contribution in [2.24, 2.45) is 0 Å². The van der Waals surface area contributed by atoms with Crippen LogP contribution in [0.3, 0.4) is 0 Å². The van der Waals surface area contributed by atoms with Gasteiger partial charge in [-0.25, -0.2) is 4.98 Å². The summed E-state index contributed by atoms with van der Waals surface area (Å²) < 4.78 is 11.3. The van der Waals surface area contributed by atoms with Crippen molar-refractivity contribution in [3.8, 4) is 0 Å². The van der Waals surface area contributed by atoms with Gasteiger partial charge in [-0.05, 0) is 43.4 Å². The minimum Gasteiger partial charge on any atom is -0.298 e. The van der Waals surface area contributed by atoms with Crippen molar-refractivity contribution < 1.29 is 9.00 Å². The monoisotopic (exact) mass is 334 g/mol. The highest BCUT2D eigenvalue weighted by Gasteiger charge is 2.17. The van der Waals surface area contributed by atoms with Crippen LogP contribution in [0, 0.1) is 0 Å². The number of fused-ring (bicyclic) bond motifs is 1. The predicted octanol–water partition coefficient (Wildman–Crippen LogP) is 3.15. The molecule has 2 aromatic rings. The minimum absolute atomic E-state index is 0.158. The molecule has 4 nitrogen and oxygen atoms in total. The number of amides is 1. The van der Waals surface area contributed by atoms with Crippen LogP contribution in [0.4, 0.5) is 5.13 Å². The van der Waals surface area contributed by atoms with Gasteiger partial charge in [-0.1, -0.05) is 12.1 Å². The van der Waals surface area contributed by atoms with Gasteiger partial charge in [0, 0.05) is 33.2 Å². The highest BCUT2D eigenvalue weighted by molar-refractivity contribution is 7.83. The van der Waals surface area contributed by atoms with E-state index in [4.69, 9.17) is 0 Å². The molecule has 0 spiro atoms. The van der Waals surface area contributed by atoms with Crippen LogP contribution in [0.5, 0.6) is 0 Å². The van der Waals surface area contributed by atoms with Crippen LogP contribution in [-0.2, 0) is 29.4 Å². The third kappa shape index (κ3) is 3.62. The summed E-state index contributed by atoms with van der Waals surface area (Å²) >= 11 is 1.58. The first-order valence-corrected chi connectivity index (χ1v) is 9.85. The molecule has 1 amide bonds. The van der Waals surface area contributed by atoms with E-state index in [2.05, 4.69) is 10.3 Å². The van der Waals surface area contributed by atoms with Crippen LogP contribution < -0.4 is 5.32 Å².